The zero-order chi connectivity index (χ0) is 22.0. The van der Waals surface area contributed by atoms with Gasteiger partial charge in [-0.1, -0.05) is 30.3 Å². The summed E-state index contributed by atoms with van der Waals surface area (Å²) < 4.78 is 35.5. The molecule has 3 aromatic rings. The van der Waals surface area contributed by atoms with Gasteiger partial charge in [0.15, 0.2) is 0 Å². The van der Waals surface area contributed by atoms with Gasteiger partial charge in [0.1, 0.15) is 0 Å². The Morgan fingerprint density at radius 2 is 1.74 bits per heavy atom. The van der Waals surface area contributed by atoms with E-state index in [9.17, 15) is 8.42 Å². The largest absolute Gasteiger partial charge is 0.379 e. The van der Waals surface area contributed by atoms with E-state index in [-0.39, 0.29) is 4.90 Å². The molecule has 0 amide bonds. The molecular formula is C23H28N4O3S. The Morgan fingerprint density at radius 1 is 1.03 bits per heavy atom. The highest BCUT2D eigenvalue weighted by Crippen LogP contribution is 2.26. The molecule has 0 unspecified atom stereocenters. The summed E-state index contributed by atoms with van der Waals surface area (Å²) in [4.78, 5) is 2.61. The first kappa shape index (κ1) is 21.5. The summed E-state index contributed by atoms with van der Waals surface area (Å²) in [7, 11) is -1.90. The predicted octanol–water partition coefficient (Wildman–Crippen LogP) is 3.34. The van der Waals surface area contributed by atoms with Crippen molar-refractivity contribution in [3.63, 3.8) is 0 Å². The van der Waals surface area contributed by atoms with Gasteiger partial charge in [0.05, 0.1) is 35.2 Å². The van der Waals surface area contributed by atoms with E-state index in [0.717, 1.165) is 49.7 Å². The Balaban J connectivity index is 1.52. The maximum absolute atomic E-state index is 12.9. The van der Waals surface area contributed by atoms with Gasteiger partial charge >= 0.3 is 0 Å². The minimum absolute atomic E-state index is 0.225. The van der Waals surface area contributed by atoms with Crippen LogP contribution < -0.4 is 4.72 Å². The minimum atomic E-state index is -3.69. The number of ether oxygens (including phenoxy) is 1. The van der Waals surface area contributed by atoms with Gasteiger partial charge in [-0.2, -0.15) is 5.10 Å². The van der Waals surface area contributed by atoms with Gasteiger partial charge in [-0.05, 0) is 48.7 Å². The van der Waals surface area contributed by atoms with Crippen molar-refractivity contribution in [1.82, 2.24) is 14.7 Å². The lowest BCUT2D eigenvalue weighted by Gasteiger charge is -2.26. The monoisotopic (exact) mass is 440 g/mol. The van der Waals surface area contributed by atoms with Crippen LogP contribution in [0.4, 0.5) is 5.69 Å². The topological polar surface area (TPSA) is 76.5 Å². The number of aryl methyl sites for hydroxylation is 2. The highest BCUT2D eigenvalue weighted by Gasteiger charge is 2.19. The van der Waals surface area contributed by atoms with Crippen LogP contribution in [0.25, 0.3) is 11.1 Å². The fourth-order valence-corrected chi connectivity index (χ4v) is 4.98. The maximum atomic E-state index is 12.9. The van der Waals surface area contributed by atoms with Gasteiger partial charge in [0.25, 0.3) is 10.0 Å². The number of morpholine rings is 1. The zero-order valence-corrected chi connectivity index (χ0v) is 18.9. The fourth-order valence-electron chi connectivity index (χ4n) is 3.81. The van der Waals surface area contributed by atoms with Crippen molar-refractivity contribution in [1.29, 1.82) is 0 Å². The summed E-state index contributed by atoms with van der Waals surface area (Å²) in [5, 5.41) is 4.27. The van der Waals surface area contributed by atoms with Crippen LogP contribution in [0.2, 0.25) is 0 Å². The van der Waals surface area contributed by atoms with E-state index in [0.29, 0.717) is 11.4 Å². The van der Waals surface area contributed by atoms with Crippen LogP contribution in [0.5, 0.6) is 0 Å². The number of nitrogens with one attached hydrogen (secondary N) is 1. The van der Waals surface area contributed by atoms with Gasteiger partial charge in [0, 0.05) is 26.7 Å². The van der Waals surface area contributed by atoms with Crippen LogP contribution in [0.1, 0.15) is 17.0 Å². The first-order valence-electron chi connectivity index (χ1n) is 10.4. The Morgan fingerprint density at radius 3 is 2.39 bits per heavy atom. The third-order valence-electron chi connectivity index (χ3n) is 5.68. The van der Waals surface area contributed by atoms with Gasteiger partial charge in [-0.3, -0.25) is 14.3 Å². The Kier molecular flexibility index (Phi) is 6.13. The molecule has 1 fully saturated rings. The molecule has 0 atom stereocenters. The van der Waals surface area contributed by atoms with Crippen LogP contribution >= 0.6 is 0 Å². The third-order valence-corrected chi connectivity index (χ3v) is 7.05. The summed E-state index contributed by atoms with van der Waals surface area (Å²) in [6, 6.07) is 15.4. The molecule has 2 heterocycles. The number of aromatic nitrogens is 2. The first-order chi connectivity index (χ1) is 14.8. The molecular weight excluding hydrogens is 412 g/mol. The predicted molar refractivity (Wildman–Crippen MR) is 121 cm³/mol. The van der Waals surface area contributed by atoms with Gasteiger partial charge in [-0.15, -0.1) is 0 Å². The van der Waals surface area contributed by atoms with Crippen molar-refractivity contribution in [3.05, 3.63) is 65.5 Å². The lowest BCUT2D eigenvalue weighted by atomic mass is 10.0. The second kappa shape index (κ2) is 8.82. The molecule has 164 valence electrons. The molecule has 0 aliphatic carbocycles. The molecule has 1 aliphatic heterocycles. The van der Waals surface area contributed by atoms with Gasteiger partial charge in [0.2, 0.25) is 0 Å². The molecule has 1 saturated heterocycles. The second-order valence-corrected chi connectivity index (χ2v) is 9.57. The molecule has 0 radical (unpaired) electrons. The molecule has 8 heteroatoms. The average molecular weight is 441 g/mol. The van der Waals surface area contributed by atoms with Crippen LogP contribution in [-0.4, -0.2) is 49.4 Å². The van der Waals surface area contributed by atoms with Crippen molar-refractivity contribution < 1.29 is 13.2 Å². The number of nitrogens with zero attached hydrogens (tertiary/aromatic N) is 3. The Labute approximate surface area is 183 Å². The molecule has 1 N–H and O–H groups in total. The van der Waals surface area contributed by atoms with Crippen LogP contribution in [-0.2, 0) is 28.4 Å². The van der Waals surface area contributed by atoms with Gasteiger partial charge in [-0.25, -0.2) is 8.42 Å². The van der Waals surface area contributed by atoms with E-state index in [1.165, 1.54) is 5.56 Å². The van der Waals surface area contributed by atoms with E-state index < -0.39 is 10.0 Å². The molecule has 1 aromatic heterocycles. The minimum Gasteiger partial charge on any atom is -0.379 e. The maximum Gasteiger partial charge on any atom is 0.262 e. The second-order valence-electron chi connectivity index (χ2n) is 7.89. The average Bonchev–Trinajstić information content (AvgIpc) is 3.00. The summed E-state index contributed by atoms with van der Waals surface area (Å²) >= 11 is 0. The first-order valence-corrected chi connectivity index (χ1v) is 11.8. The highest BCUT2D eigenvalue weighted by molar-refractivity contribution is 7.92. The standard InChI is InChI=1S/C23H28N4O3S/c1-17-23(18(2)26(3)24-17)25-31(28,29)22-9-7-20(8-10-22)21-6-4-5-19(15-21)16-27-11-13-30-14-12-27/h4-10,15,25H,11-14,16H2,1-3H3. The van der Waals surface area contributed by atoms with Crippen LogP contribution in [0.15, 0.2) is 53.4 Å². The quantitative estimate of drug-likeness (QED) is 0.636. The van der Waals surface area contributed by atoms with E-state index in [1.54, 1.807) is 30.8 Å². The molecule has 31 heavy (non-hydrogen) atoms. The summed E-state index contributed by atoms with van der Waals surface area (Å²) in [6.45, 7) is 7.96. The number of rotatable bonds is 6. The van der Waals surface area contributed by atoms with Crippen molar-refractivity contribution in [3.8, 4) is 11.1 Å². The summed E-state index contributed by atoms with van der Waals surface area (Å²) in [5.74, 6) is 0. The highest BCUT2D eigenvalue weighted by atomic mass is 32.2. The molecule has 0 saturated carbocycles. The van der Waals surface area contributed by atoms with E-state index in [2.05, 4.69) is 26.9 Å². The lowest BCUT2D eigenvalue weighted by Crippen LogP contribution is -2.35. The van der Waals surface area contributed by atoms with Crippen LogP contribution in [0.3, 0.4) is 0 Å². The lowest BCUT2D eigenvalue weighted by molar-refractivity contribution is 0.0342. The molecule has 7 nitrogen and oxygen atoms in total. The van der Waals surface area contributed by atoms with Crippen molar-refractivity contribution in [2.24, 2.45) is 7.05 Å². The van der Waals surface area contributed by atoms with Crippen molar-refractivity contribution >= 4 is 15.7 Å². The van der Waals surface area contributed by atoms with Crippen LogP contribution in [0, 0.1) is 13.8 Å². The van der Waals surface area contributed by atoms with E-state index in [4.69, 9.17) is 4.74 Å². The van der Waals surface area contributed by atoms with E-state index in [1.807, 2.05) is 31.2 Å². The van der Waals surface area contributed by atoms with Gasteiger partial charge < -0.3 is 4.74 Å². The number of hydrogen-bond acceptors (Lipinski definition) is 5. The smallest absolute Gasteiger partial charge is 0.262 e. The SMILES string of the molecule is Cc1nn(C)c(C)c1NS(=O)(=O)c1ccc(-c2cccc(CN3CCOCC3)c2)cc1. The number of benzene rings is 2. The zero-order valence-electron chi connectivity index (χ0n) is 18.1. The summed E-state index contributed by atoms with van der Waals surface area (Å²) in [6.07, 6.45) is 0. The number of anilines is 1. The van der Waals surface area contributed by atoms with E-state index >= 15 is 0 Å². The molecule has 4 rings (SSSR count). The third kappa shape index (κ3) is 4.81. The Hall–Kier alpha value is -2.68. The molecule has 2 aromatic carbocycles. The normalized spacial score (nSPS) is 15.2. The number of sulfonamides is 1. The molecule has 0 spiro atoms. The fraction of sp³-hybridized carbons (Fsp3) is 0.348. The molecule has 1 aliphatic rings. The van der Waals surface area contributed by atoms with Crippen molar-refractivity contribution in [2.75, 3.05) is 31.0 Å². The van der Waals surface area contributed by atoms with Crippen molar-refractivity contribution in [2.45, 2.75) is 25.3 Å². The Bertz CT molecular complexity index is 1160. The number of hydrogen-bond donors (Lipinski definition) is 1. The molecule has 0 bridgehead atoms. The summed E-state index contributed by atoms with van der Waals surface area (Å²) in [5.41, 5.74) is 5.24.